The Labute approximate surface area is 151 Å². The Bertz CT molecular complexity index is 629. The molecule has 2 aliphatic rings. The van der Waals surface area contributed by atoms with Crippen LogP contribution < -0.4 is 10.1 Å². The van der Waals surface area contributed by atoms with Crippen molar-refractivity contribution in [2.24, 2.45) is 16.3 Å². The predicted octanol–water partition coefficient (Wildman–Crippen LogP) is 2.91. The maximum atomic E-state index is 6.01. The van der Waals surface area contributed by atoms with E-state index < -0.39 is 0 Å². The SMILES string of the molecule is CN=C(NC1C2CCCOC2C1(C)C)N(C)Cc1ccccc1OC. The van der Waals surface area contributed by atoms with Gasteiger partial charge in [0.2, 0.25) is 0 Å². The molecule has 1 heterocycles. The van der Waals surface area contributed by atoms with Crippen LogP contribution in [-0.2, 0) is 11.3 Å². The molecule has 0 radical (unpaired) electrons. The molecule has 3 unspecified atom stereocenters. The lowest BCUT2D eigenvalue weighted by Gasteiger charge is -2.60. The van der Waals surface area contributed by atoms with E-state index in [1.165, 1.54) is 6.42 Å². The summed E-state index contributed by atoms with van der Waals surface area (Å²) in [4.78, 5) is 6.67. The van der Waals surface area contributed by atoms with Gasteiger partial charge in [0.25, 0.3) is 0 Å². The normalized spacial score (nSPS) is 27.9. The minimum Gasteiger partial charge on any atom is -0.496 e. The van der Waals surface area contributed by atoms with E-state index in [1.807, 2.05) is 25.2 Å². The number of fused-ring (bicyclic) bond motifs is 1. The first-order valence-electron chi connectivity index (χ1n) is 9.17. The maximum absolute atomic E-state index is 6.01. The fourth-order valence-electron chi connectivity index (χ4n) is 4.46. The second-order valence-electron chi connectivity index (χ2n) is 7.76. The van der Waals surface area contributed by atoms with Gasteiger partial charge < -0.3 is 19.7 Å². The highest BCUT2D eigenvalue weighted by Gasteiger charge is 2.58. The Kier molecular flexibility index (Phi) is 5.23. The fourth-order valence-corrected chi connectivity index (χ4v) is 4.46. The third-order valence-electron chi connectivity index (χ3n) is 5.79. The Hall–Kier alpha value is -1.75. The Morgan fingerprint density at radius 3 is 2.88 bits per heavy atom. The summed E-state index contributed by atoms with van der Waals surface area (Å²) >= 11 is 0. The van der Waals surface area contributed by atoms with E-state index in [1.54, 1.807) is 7.11 Å². The third kappa shape index (κ3) is 3.34. The lowest BCUT2D eigenvalue weighted by Crippen LogP contribution is -2.71. The predicted molar refractivity (Wildman–Crippen MR) is 101 cm³/mol. The molecule has 0 aromatic heterocycles. The van der Waals surface area contributed by atoms with E-state index in [2.05, 4.69) is 42.2 Å². The van der Waals surface area contributed by atoms with Crippen molar-refractivity contribution >= 4 is 5.96 Å². The number of nitrogens with one attached hydrogen (secondary N) is 1. The molecular formula is C20H31N3O2. The molecule has 25 heavy (non-hydrogen) atoms. The van der Waals surface area contributed by atoms with E-state index in [9.17, 15) is 0 Å². The molecule has 0 spiro atoms. The molecule has 1 aliphatic carbocycles. The molecule has 1 aromatic rings. The van der Waals surface area contributed by atoms with Crippen LogP contribution in [0.3, 0.4) is 0 Å². The quantitative estimate of drug-likeness (QED) is 0.673. The van der Waals surface area contributed by atoms with Gasteiger partial charge in [-0.1, -0.05) is 32.0 Å². The number of aliphatic imine (C=N–C) groups is 1. The van der Waals surface area contributed by atoms with Crippen LogP contribution in [0.5, 0.6) is 5.75 Å². The second kappa shape index (κ2) is 7.24. The molecule has 3 rings (SSSR count). The number of ether oxygens (including phenoxy) is 2. The van der Waals surface area contributed by atoms with Crippen molar-refractivity contribution in [3.05, 3.63) is 29.8 Å². The summed E-state index contributed by atoms with van der Waals surface area (Å²) in [5.74, 6) is 2.42. The summed E-state index contributed by atoms with van der Waals surface area (Å²) in [6.07, 6.45) is 2.76. The molecule has 1 saturated heterocycles. The van der Waals surface area contributed by atoms with E-state index in [4.69, 9.17) is 9.47 Å². The first-order chi connectivity index (χ1) is 12.0. The van der Waals surface area contributed by atoms with Crippen molar-refractivity contribution in [2.45, 2.75) is 45.4 Å². The van der Waals surface area contributed by atoms with Crippen LogP contribution in [0, 0.1) is 11.3 Å². The molecule has 5 nitrogen and oxygen atoms in total. The number of rotatable bonds is 4. The number of guanidine groups is 1. The monoisotopic (exact) mass is 345 g/mol. The topological polar surface area (TPSA) is 46.1 Å². The van der Waals surface area contributed by atoms with Gasteiger partial charge in [0.05, 0.1) is 13.2 Å². The van der Waals surface area contributed by atoms with Gasteiger partial charge in [-0.05, 0) is 18.9 Å². The number of nitrogens with zero attached hydrogens (tertiary/aromatic N) is 2. The number of hydrogen-bond acceptors (Lipinski definition) is 3. The molecule has 2 fully saturated rings. The van der Waals surface area contributed by atoms with Crippen LogP contribution in [-0.4, -0.2) is 50.8 Å². The van der Waals surface area contributed by atoms with Gasteiger partial charge in [-0.15, -0.1) is 0 Å². The Morgan fingerprint density at radius 1 is 1.40 bits per heavy atom. The van der Waals surface area contributed by atoms with Gasteiger partial charge in [-0.2, -0.15) is 0 Å². The van der Waals surface area contributed by atoms with E-state index >= 15 is 0 Å². The minimum atomic E-state index is 0.131. The summed E-state index contributed by atoms with van der Waals surface area (Å²) in [5, 5.41) is 3.71. The zero-order valence-electron chi connectivity index (χ0n) is 16.1. The van der Waals surface area contributed by atoms with Crippen molar-refractivity contribution in [2.75, 3.05) is 27.8 Å². The average Bonchev–Trinajstić information content (AvgIpc) is 2.62. The molecule has 1 saturated carbocycles. The number of benzene rings is 1. The summed E-state index contributed by atoms with van der Waals surface area (Å²) in [6.45, 7) is 6.25. The number of hydrogen-bond donors (Lipinski definition) is 1. The summed E-state index contributed by atoms with van der Waals surface area (Å²) in [6, 6.07) is 8.53. The number of methoxy groups -OCH3 is 1. The van der Waals surface area contributed by atoms with Gasteiger partial charge in [-0.3, -0.25) is 4.99 Å². The van der Waals surface area contributed by atoms with E-state index in [-0.39, 0.29) is 5.41 Å². The van der Waals surface area contributed by atoms with E-state index in [0.717, 1.165) is 36.8 Å². The van der Waals surface area contributed by atoms with Gasteiger partial charge in [0.1, 0.15) is 5.75 Å². The first-order valence-corrected chi connectivity index (χ1v) is 9.17. The molecule has 138 valence electrons. The average molecular weight is 345 g/mol. The molecule has 0 amide bonds. The van der Waals surface area contributed by atoms with Crippen LogP contribution in [0.15, 0.2) is 29.3 Å². The van der Waals surface area contributed by atoms with E-state index in [0.29, 0.717) is 18.1 Å². The molecule has 0 bridgehead atoms. The van der Waals surface area contributed by atoms with Gasteiger partial charge in [0.15, 0.2) is 5.96 Å². The highest BCUT2D eigenvalue weighted by Crippen LogP contribution is 2.51. The fraction of sp³-hybridized carbons (Fsp3) is 0.650. The largest absolute Gasteiger partial charge is 0.496 e. The second-order valence-corrected chi connectivity index (χ2v) is 7.76. The zero-order valence-corrected chi connectivity index (χ0v) is 16.1. The summed E-state index contributed by atoms with van der Waals surface area (Å²) < 4.78 is 11.5. The molecule has 3 atom stereocenters. The molecule has 1 aromatic carbocycles. The first kappa shape index (κ1) is 18.1. The Balaban J connectivity index is 1.68. The standard InChI is InChI=1S/C20H31N3O2/c1-20(2)17(15-10-8-12-25-18(15)20)22-19(21-3)23(4)13-14-9-6-7-11-16(14)24-5/h6-7,9,11,15,17-18H,8,10,12-13H2,1-5H3,(H,21,22). The summed E-state index contributed by atoms with van der Waals surface area (Å²) in [5.41, 5.74) is 1.29. The van der Waals surface area contributed by atoms with Crippen molar-refractivity contribution in [1.29, 1.82) is 0 Å². The zero-order chi connectivity index (χ0) is 18.0. The van der Waals surface area contributed by atoms with Crippen LogP contribution in [0.2, 0.25) is 0 Å². The summed E-state index contributed by atoms with van der Waals surface area (Å²) in [7, 11) is 5.63. The van der Waals surface area contributed by atoms with Gasteiger partial charge >= 0.3 is 0 Å². The van der Waals surface area contributed by atoms with Crippen LogP contribution >= 0.6 is 0 Å². The maximum Gasteiger partial charge on any atom is 0.193 e. The van der Waals surface area contributed by atoms with Crippen molar-refractivity contribution in [3.8, 4) is 5.75 Å². The van der Waals surface area contributed by atoms with Crippen molar-refractivity contribution < 1.29 is 9.47 Å². The van der Waals surface area contributed by atoms with Crippen LogP contribution in [0.25, 0.3) is 0 Å². The van der Waals surface area contributed by atoms with Crippen molar-refractivity contribution in [1.82, 2.24) is 10.2 Å². The molecule has 5 heteroatoms. The number of para-hydroxylation sites is 1. The van der Waals surface area contributed by atoms with Crippen LogP contribution in [0.1, 0.15) is 32.3 Å². The molecular weight excluding hydrogens is 314 g/mol. The molecule has 1 N–H and O–H groups in total. The third-order valence-corrected chi connectivity index (χ3v) is 5.79. The van der Waals surface area contributed by atoms with Crippen LogP contribution in [0.4, 0.5) is 0 Å². The minimum absolute atomic E-state index is 0.131. The van der Waals surface area contributed by atoms with Gasteiger partial charge in [0, 0.05) is 50.2 Å². The highest BCUT2D eigenvalue weighted by atomic mass is 16.5. The smallest absolute Gasteiger partial charge is 0.193 e. The van der Waals surface area contributed by atoms with Gasteiger partial charge in [-0.25, -0.2) is 0 Å². The van der Waals surface area contributed by atoms with Crippen molar-refractivity contribution in [3.63, 3.8) is 0 Å². The molecule has 1 aliphatic heterocycles. The Morgan fingerprint density at radius 2 is 2.16 bits per heavy atom. The lowest BCUT2D eigenvalue weighted by molar-refractivity contribution is -0.188. The lowest BCUT2D eigenvalue weighted by atomic mass is 9.55. The highest BCUT2D eigenvalue weighted by molar-refractivity contribution is 5.80.